The third kappa shape index (κ3) is 15.0. The van der Waals surface area contributed by atoms with Gasteiger partial charge in [0.25, 0.3) is 0 Å². The van der Waals surface area contributed by atoms with Gasteiger partial charge in [0, 0.05) is 40.9 Å². The maximum atomic E-state index is 12.9. The van der Waals surface area contributed by atoms with Crippen molar-refractivity contribution in [2.75, 3.05) is 49.4 Å². The summed E-state index contributed by atoms with van der Waals surface area (Å²) in [6.07, 6.45) is -9.12. The fourth-order valence-corrected chi connectivity index (χ4v) is 28.1. The molecule has 8 aromatic heterocycles. The van der Waals surface area contributed by atoms with Crippen LogP contribution in [0.25, 0.3) is 41.4 Å². The number of rotatable bonds is 8. The van der Waals surface area contributed by atoms with E-state index < -0.39 is 156 Å². The van der Waals surface area contributed by atoms with E-state index in [0.717, 1.165) is 49.9 Å². The summed E-state index contributed by atoms with van der Waals surface area (Å²) < 4.78 is 83.0. The van der Waals surface area contributed by atoms with E-state index in [0.29, 0.717) is 36.7 Å². The number of esters is 3. The summed E-state index contributed by atoms with van der Waals surface area (Å²) in [6, 6.07) is 0. The quantitative estimate of drug-likeness (QED) is 0.0652. The van der Waals surface area contributed by atoms with Gasteiger partial charge in [0.1, 0.15) is 55.4 Å². The molecule has 11 N–H and O–H groups in total. The molecule has 0 aliphatic carbocycles. The number of hydrogen-bond acceptors (Lipinski definition) is 40. The SMILES string of the molecule is CC(=O)O[C@@H]1[C@@H](O)[C@@H](CO)O[C@H]1n1c(=O)sc2cnc(N)nc21.CC(=O)O[C@@H]1[C@H]2OC(=O)OC[C@H]2O[C@H]1n1c(=O)sc2cnc(N)nc21.CC(=O)O[C@@H]1[C@H]2O[Si](C(C)(C)C)(C(C)(C)C)OC[C@H]2O[C@H]1n1c(=O)sc2cnc(N)nc21.CC(C)(C)[Si]1(C(C)(C)C)OC[C@H]2O[C@@H](n3c(=O)sc4cnc(N)nc43)[C@H](O)[C@H]2O1. The molecule has 0 bridgehead atoms. The molecule has 7 saturated heterocycles. The van der Waals surface area contributed by atoms with Gasteiger partial charge in [0.15, 0.2) is 71.9 Å². The maximum absolute atomic E-state index is 12.9. The Morgan fingerprint density at radius 3 is 1.14 bits per heavy atom. The maximum Gasteiger partial charge on any atom is 0.508 e. The first-order valence-corrected chi connectivity index (χ1v) is 41.0. The van der Waals surface area contributed by atoms with Crippen molar-refractivity contribution < 1.29 is 94.8 Å². The molecule has 0 radical (unpaired) electrons. The third-order valence-electron chi connectivity index (χ3n) is 18.9. The molecule has 46 heteroatoms. The zero-order chi connectivity index (χ0) is 79.4. The van der Waals surface area contributed by atoms with Gasteiger partial charge in [-0.05, 0) is 0 Å². The van der Waals surface area contributed by atoms with Crippen LogP contribution < -0.4 is 42.4 Å². The molecular weight excluding hydrogens is 1550 g/mol. The second-order valence-electron chi connectivity index (χ2n) is 30.4. The number of aliphatic hydroxyl groups is 3. The first-order valence-electron chi connectivity index (χ1n) is 34.1. The number of carbonyl (C=O) groups is 4. The van der Waals surface area contributed by atoms with E-state index in [-0.39, 0.29) is 78.2 Å². The smallest absolute Gasteiger partial charge is 0.455 e. The fourth-order valence-electron chi connectivity index (χ4n) is 14.9. The summed E-state index contributed by atoms with van der Waals surface area (Å²) >= 11 is 3.73. The molecule has 16 atom stereocenters. The molecule has 0 unspecified atom stereocenters. The Kier molecular flexibility index (Phi) is 22.1. The number of aromatic nitrogens is 12. The molecule has 592 valence electrons. The third-order valence-corrected chi connectivity index (χ3v) is 32.6. The lowest BCUT2D eigenvalue weighted by Crippen LogP contribution is -2.65. The molecule has 15 heterocycles. The Bertz CT molecular complexity index is 5040. The highest BCUT2D eigenvalue weighted by atomic mass is 32.1. The standard InChI is InChI=1S/C20H30N4O6SSi.C18H28N4O5SSi.C13H12N4O7S.C12H14N4O6S/c1-10(25)28-14-13-11(9-27-32(30-13,19(2,3)4)20(5,6)7)29-16(14)24-15-12(31-18(24)26)8-22-17(21)23-15;1-17(2,3)29(18(4,5)6)25-8-9-12(27-29)11(23)14(26-9)22-13-10(28-16(22)24)7-20-15(19)21-13;1-4(18)22-8-7-5(3-21-13(20)24-7)23-10(8)17-9-6(25-12(17)19)2-15-11(14)16-9;1-4(18)21-8-7(19)5(3-17)22-10(8)16-9-6(23-12(16)20)2-14-11(13)15-9/h8,11,13-14,16H,9H2,1-7H3,(H2,21,22,23);7,9,11-12,14,23H,8H2,1-6H3,(H2,19,20,21);2,5,7-8,10H,3H2,1H3,(H2,14,15,16);2,5,7-8,10,17,19H,3H2,1H3,(H2,13,14,15)/t11-,13+,14-,16-;9-,11-,12+,14-;2*5-,7+,8-,10-/m1111/s1. The van der Waals surface area contributed by atoms with Crippen LogP contribution in [0.1, 0.15) is 129 Å². The van der Waals surface area contributed by atoms with Crippen LogP contribution in [0.2, 0.25) is 20.2 Å². The van der Waals surface area contributed by atoms with Crippen molar-refractivity contribution in [3.05, 3.63) is 63.5 Å². The Morgan fingerprint density at radius 2 is 0.780 bits per heavy atom. The van der Waals surface area contributed by atoms with Gasteiger partial charge in [-0.3, -0.25) is 51.8 Å². The number of nitrogen functional groups attached to an aromatic ring is 4. The van der Waals surface area contributed by atoms with Crippen LogP contribution in [0, 0.1) is 0 Å². The molecule has 8 aromatic rings. The van der Waals surface area contributed by atoms with Crippen molar-refractivity contribution in [3.63, 3.8) is 0 Å². The number of fused-ring (bicyclic) bond motifs is 7. The Labute approximate surface area is 636 Å². The lowest BCUT2D eigenvalue weighted by atomic mass is 10.1. The minimum Gasteiger partial charge on any atom is -0.455 e. The van der Waals surface area contributed by atoms with Crippen molar-refractivity contribution in [1.82, 2.24) is 58.1 Å². The first-order chi connectivity index (χ1) is 51.0. The van der Waals surface area contributed by atoms with Crippen LogP contribution in [0.15, 0.2) is 44.0 Å². The minimum absolute atomic E-state index is 0.0201. The highest BCUT2D eigenvalue weighted by Crippen LogP contribution is 2.58. The van der Waals surface area contributed by atoms with Gasteiger partial charge in [0.2, 0.25) is 23.8 Å². The molecule has 15 rings (SSSR count). The van der Waals surface area contributed by atoms with Gasteiger partial charge in [-0.25, -0.2) is 24.7 Å². The summed E-state index contributed by atoms with van der Waals surface area (Å²) in [6.45, 7) is 29.0. The number of hydrogen-bond donors (Lipinski definition) is 7. The van der Waals surface area contributed by atoms with Crippen molar-refractivity contribution >= 4 is 152 Å². The second kappa shape index (κ2) is 29.9. The number of ether oxygens (including phenoxy) is 9. The van der Waals surface area contributed by atoms with Crippen molar-refractivity contribution in [1.29, 1.82) is 0 Å². The predicted octanol–water partition coefficient (Wildman–Crippen LogP) is 3.29. The Morgan fingerprint density at radius 1 is 0.468 bits per heavy atom. The molecule has 0 aromatic carbocycles. The predicted molar refractivity (Wildman–Crippen MR) is 394 cm³/mol. The van der Waals surface area contributed by atoms with Crippen molar-refractivity contribution in [2.45, 2.75) is 222 Å². The zero-order valence-electron chi connectivity index (χ0n) is 61.6. The van der Waals surface area contributed by atoms with E-state index in [1.165, 1.54) is 59.3 Å². The Balaban J connectivity index is 0.000000136. The van der Waals surface area contributed by atoms with Gasteiger partial charge in [0.05, 0.1) is 63.4 Å². The van der Waals surface area contributed by atoms with Crippen LogP contribution in [-0.4, -0.2) is 214 Å². The van der Waals surface area contributed by atoms with Crippen LogP contribution in [0.4, 0.5) is 28.6 Å². The highest BCUT2D eigenvalue weighted by Gasteiger charge is 2.68. The van der Waals surface area contributed by atoms with E-state index in [9.17, 15) is 53.7 Å². The molecule has 0 saturated carbocycles. The summed E-state index contributed by atoms with van der Waals surface area (Å²) in [5.41, 5.74) is 23.8. The number of nitrogens with zero attached hydrogens (tertiary/aromatic N) is 12. The molecule has 7 aliphatic rings. The monoisotopic (exact) mass is 1630 g/mol. The molecule has 7 fully saturated rings. The minimum atomic E-state index is -2.86. The van der Waals surface area contributed by atoms with Gasteiger partial charge in [-0.2, -0.15) is 19.9 Å². The number of aliphatic hydroxyl groups excluding tert-OH is 3. The number of thiazole rings is 4. The van der Waals surface area contributed by atoms with Gasteiger partial charge in [-0.15, -0.1) is 0 Å². The largest absolute Gasteiger partial charge is 0.508 e. The van der Waals surface area contributed by atoms with Crippen LogP contribution in [0.5, 0.6) is 0 Å². The van der Waals surface area contributed by atoms with Crippen molar-refractivity contribution in [2.24, 2.45) is 0 Å². The summed E-state index contributed by atoms with van der Waals surface area (Å²) in [4.78, 5) is 127. The molecule has 0 amide bonds. The number of carbonyl (C=O) groups excluding carboxylic acids is 4. The van der Waals surface area contributed by atoms with Crippen LogP contribution >= 0.6 is 45.3 Å². The van der Waals surface area contributed by atoms with Gasteiger partial charge < -0.3 is 98.6 Å². The highest BCUT2D eigenvalue weighted by molar-refractivity contribution is 7.17. The van der Waals surface area contributed by atoms with E-state index >= 15 is 0 Å². The van der Waals surface area contributed by atoms with Crippen LogP contribution in [-0.2, 0) is 74.7 Å². The molecule has 0 spiro atoms. The summed E-state index contributed by atoms with van der Waals surface area (Å²) in [5, 5.41) is 29.6. The lowest BCUT2D eigenvalue weighted by Gasteiger charge is -2.53. The van der Waals surface area contributed by atoms with E-state index in [4.69, 9.17) is 83.3 Å². The van der Waals surface area contributed by atoms with Gasteiger partial charge >= 0.3 is 60.7 Å². The topological polar surface area (TPSA) is 544 Å². The van der Waals surface area contributed by atoms with E-state index in [1.807, 2.05) is 0 Å². The Hall–Kier alpha value is -8.05. The molecule has 7 aliphatic heterocycles. The second-order valence-corrected chi connectivity index (χ2v) is 43.9. The van der Waals surface area contributed by atoms with Crippen molar-refractivity contribution in [3.8, 4) is 0 Å². The normalized spacial score (nSPS) is 28.4. The average molecular weight is 1630 g/mol. The lowest BCUT2D eigenvalue weighted by molar-refractivity contribution is -0.157. The molecule has 109 heavy (non-hydrogen) atoms. The molecular formula is C63H84N16O24S4Si2. The van der Waals surface area contributed by atoms with Gasteiger partial charge in [-0.1, -0.05) is 128 Å². The number of cyclic esters (lactones) is 1. The fraction of sp³-hybridized carbons (Fsp3) is 0.619. The summed E-state index contributed by atoms with van der Waals surface area (Å²) in [5.74, 6) is -1.71. The number of anilines is 4. The summed E-state index contributed by atoms with van der Waals surface area (Å²) in [7, 11) is -5.63. The first kappa shape index (κ1) is 80.5. The number of nitrogens with two attached hydrogens (primary N) is 4. The van der Waals surface area contributed by atoms with E-state index in [2.05, 4.69) is 123 Å². The van der Waals surface area contributed by atoms with Crippen LogP contribution in [0.3, 0.4) is 0 Å². The molecule has 40 nitrogen and oxygen atoms in total. The van der Waals surface area contributed by atoms with E-state index in [1.54, 1.807) is 0 Å². The zero-order valence-corrected chi connectivity index (χ0v) is 66.9. The average Bonchev–Trinajstić information content (AvgIpc) is 1.70.